The summed E-state index contributed by atoms with van der Waals surface area (Å²) in [6.07, 6.45) is 13.5. The van der Waals surface area contributed by atoms with Crippen molar-refractivity contribution in [1.82, 2.24) is 9.55 Å². The zero-order valence-corrected chi connectivity index (χ0v) is 10.7. The standard InChI is InChI=1S/C14H23N3/c1-11-9-12(10-11)16-14-15-7-8-17(14)13-5-3-2-4-6-13/h7-8,11-13H,2-6,9-10H2,1H3,(H,15,16). The molecule has 94 valence electrons. The zero-order chi connectivity index (χ0) is 11.7. The van der Waals surface area contributed by atoms with Crippen molar-refractivity contribution in [3.05, 3.63) is 12.4 Å². The van der Waals surface area contributed by atoms with E-state index in [2.05, 4.69) is 28.0 Å². The third-order valence-corrected chi connectivity index (χ3v) is 4.34. The van der Waals surface area contributed by atoms with Crippen LogP contribution in [-0.4, -0.2) is 15.6 Å². The SMILES string of the molecule is CC1CC(Nc2nccn2C2CCCCC2)C1. The van der Waals surface area contributed by atoms with Gasteiger partial charge in [0.25, 0.3) is 0 Å². The van der Waals surface area contributed by atoms with Crippen LogP contribution in [0.2, 0.25) is 0 Å². The lowest BCUT2D eigenvalue weighted by Crippen LogP contribution is -2.35. The van der Waals surface area contributed by atoms with E-state index in [1.807, 2.05) is 6.20 Å². The van der Waals surface area contributed by atoms with E-state index in [9.17, 15) is 0 Å². The molecule has 3 nitrogen and oxygen atoms in total. The summed E-state index contributed by atoms with van der Waals surface area (Å²) in [5.41, 5.74) is 0. The van der Waals surface area contributed by atoms with Crippen LogP contribution in [0.15, 0.2) is 12.4 Å². The van der Waals surface area contributed by atoms with Crippen LogP contribution in [0.4, 0.5) is 5.95 Å². The Hall–Kier alpha value is -0.990. The van der Waals surface area contributed by atoms with E-state index < -0.39 is 0 Å². The van der Waals surface area contributed by atoms with Crippen molar-refractivity contribution in [3.8, 4) is 0 Å². The summed E-state index contributed by atoms with van der Waals surface area (Å²) in [4.78, 5) is 4.49. The molecule has 3 heteroatoms. The van der Waals surface area contributed by atoms with Crippen LogP contribution in [-0.2, 0) is 0 Å². The monoisotopic (exact) mass is 233 g/mol. The van der Waals surface area contributed by atoms with E-state index in [4.69, 9.17) is 0 Å². The third-order valence-electron chi connectivity index (χ3n) is 4.34. The average molecular weight is 233 g/mol. The van der Waals surface area contributed by atoms with Gasteiger partial charge in [0.2, 0.25) is 5.95 Å². The Morgan fingerprint density at radius 1 is 1.24 bits per heavy atom. The number of aromatic nitrogens is 2. The molecule has 0 aliphatic heterocycles. The summed E-state index contributed by atoms with van der Waals surface area (Å²) >= 11 is 0. The van der Waals surface area contributed by atoms with E-state index in [1.54, 1.807) is 0 Å². The quantitative estimate of drug-likeness (QED) is 0.864. The number of anilines is 1. The Kier molecular flexibility index (Phi) is 3.08. The fraction of sp³-hybridized carbons (Fsp3) is 0.786. The predicted molar refractivity (Wildman–Crippen MR) is 70.2 cm³/mol. The second-order valence-electron chi connectivity index (χ2n) is 5.87. The van der Waals surface area contributed by atoms with E-state index in [0.29, 0.717) is 12.1 Å². The Bertz CT molecular complexity index is 359. The summed E-state index contributed by atoms with van der Waals surface area (Å²) in [6.45, 7) is 2.33. The van der Waals surface area contributed by atoms with Gasteiger partial charge in [0.15, 0.2) is 0 Å². The van der Waals surface area contributed by atoms with E-state index >= 15 is 0 Å². The molecule has 1 heterocycles. The largest absolute Gasteiger partial charge is 0.353 e. The van der Waals surface area contributed by atoms with Gasteiger partial charge < -0.3 is 9.88 Å². The van der Waals surface area contributed by atoms with Gasteiger partial charge in [-0.15, -0.1) is 0 Å². The molecular weight excluding hydrogens is 210 g/mol. The Labute approximate surface area is 104 Å². The first-order chi connectivity index (χ1) is 8.33. The lowest BCUT2D eigenvalue weighted by molar-refractivity contribution is 0.303. The Morgan fingerprint density at radius 2 is 2.00 bits per heavy atom. The van der Waals surface area contributed by atoms with Gasteiger partial charge in [-0.2, -0.15) is 0 Å². The summed E-state index contributed by atoms with van der Waals surface area (Å²) in [5.74, 6) is 2.00. The van der Waals surface area contributed by atoms with E-state index in [0.717, 1.165) is 11.9 Å². The molecule has 1 aromatic heterocycles. The molecular formula is C14H23N3. The number of nitrogens with one attached hydrogen (secondary N) is 1. The first-order valence-corrected chi connectivity index (χ1v) is 7.12. The van der Waals surface area contributed by atoms with Gasteiger partial charge in [-0.3, -0.25) is 0 Å². The highest BCUT2D eigenvalue weighted by Crippen LogP contribution is 2.33. The molecule has 1 N–H and O–H groups in total. The normalized spacial score (nSPS) is 29.9. The van der Waals surface area contributed by atoms with Gasteiger partial charge in [-0.25, -0.2) is 4.98 Å². The summed E-state index contributed by atoms with van der Waals surface area (Å²) < 4.78 is 2.38. The molecule has 0 spiro atoms. The molecule has 0 saturated heterocycles. The lowest BCUT2D eigenvalue weighted by atomic mass is 9.82. The minimum Gasteiger partial charge on any atom is -0.353 e. The first-order valence-electron chi connectivity index (χ1n) is 7.12. The highest BCUT2D eigenvalue weighted by atomic mass is 15.2. The Balaban J connectivity index is 1.65. The first kappa shape index (κ1) is 11.1. The van der Waals surface area contributed by atoms with Crippen molar-refractivity contribution in [2.24, 2.45) is 5.92 Å². The molecule has 0 atom stereocenters. The Morgan fingerprint density at radius 3 is 2.71 bits per heavy atom. The molecule has 0 amide bonds. The number of nitrogens with zero attached hydrogens (tertiary/aromatic N) is 2. The van der Waals surface area contributed by atoms with Gasteiger partial charge in [-0.1, -0.05) is 26.2 Å². The molecule has 2 saturated carbocycles. The van der Waals surface area contributed by atoms with Crippen molar-refractivity contribution >= 4 is 5.95 Å². The zero-order valence-electron chi connectivity index (χ0n) is 10.7. The number of imidazole rings is 1. The van der Waals surface area contributed by atoms with Gasteiger partial charge in [0, 0.05) is 24.5 Å². The van der Waals surface area contributed by atoms with Gasteiger partial charge in [-0.05, 0) is 31.6 Å². The highest BCUT2D eigenvalue weighted by molar-refractivity contribution is 5.29. The molecule has 17 heavy (non-hydrogen) atoms. The smallest absolute Gasteiger partial charge is 0.203 e. The van der Waals surface area contributed by atoms with Crippen LogP contribution < -0.4 is 5.32 Å². The maximum absolute atomic E-state index is 4.49. The molecule has 0 aromatic carbocycles. The van der Waals surface area contributed by atoms with Crippen molar-refractivity contribution in [3.63, 3.8) is 0 Å². The van der Waals surface area contributed by atoms with Crippen LogP contribution in [0.1, 0.15) is 57.9 Å². The van der Waals surface area contributed by atoms with Crippen molar-refractivity contribution in [2.75, 3.05) is 5.32 Å². The van der Waals surface area contributed by atoms with Crippen LogP contribution in [0.3, 0.4) is 0 Å². The maximum Gasteiger partial charge on any atom is 0.203 e. The molecule has 2 aliphatic rings. The highest BCUT2D eigenvalue weighted by Gasteiger charge is 2.27. The third kappa shape index (κ3) is 2.33. The summed E-state index contributed by atoms with van der Waals surface area (Å²) in [5, 5.41) is 3.61. The van der Waals surface area contributed by atoms with E-state index in [1.165, 1.54) is 44.9 Å². The van der Waals surface area contributed by atoms with Crippen LogP contribution in [0, 0.1) is 5.92 Å². The van der Waals surface area contributed by atoms with Gasteiger partial charge in [0.05, 0.1) is 0 Å². The minimum atomic E-state index is 0.662. The van der Waals surface area contributed by atoms with Gasteiger partial charge >= 0.3 is 0 Å². The van der Waals surface area contributed by atoms with Crippen molar-refractivity contribution < 1.29 is 0 Å². The molecule has 2 aliphatic carbocycles. The predicted octanol–water partition coefficient (Wildman–Crippen LogP) is 3.60. The molecule has 0 bridgehead atoms. The number of rotatable bonds is 3. The number of hydrogen-bond acceptors (Lipinski definition) is 2. The second-order valence-corrected chi connectivity index (χ2v) is 5.87. The molecule has 1 aromatic rings. The number of hydrogen-bond donors (Lipinski definition) is 1. The fourth-order valence-corrected chi connectivity index (χ4v) is 3.28. The van der Waals surface area contributed by atoms with Gasteiger partial charge in [0.1, 0.15) is 0 Å². The minimum absolute atomic E-state index is 0.662. The van der Waals surface area contributed by atoms with E-state index in [-0.39, 0.29) is 0 Å². The fourth-order valence-electron chi connectivity index (χ4n) is 3.28. The van der Waals surface area contributed by atoms with Crippen LogP contribution >= 0.6 is 0 Å². The van der Waals surface area contributed by atoms with Crippen LogP contribution in [0.5, 0.6) is 0 Å². The molecule has 0 unspecified atom stereocenters. The topological polar surface area (TPSA) is 29.9 Å². The summed E-state index contributed by atoms with van der Waals surface area (Å²) in [7, 11) is 0. The van der Waals surface area contributed by atoms with Crippen molar-refractivity contribution in [2.45, 2.75) is 64.0 Å². The van der Waals surface area contributed by atoms with Crippen LogP contribution in [0.25, 0.3) is 0 Å². The molecule has 2 fully saturated rings. The summed E-state index contributed by atoms with van der Waals surface area (Å²) in [6, 6.07) is 1.35. The maximum atomic E-state index is 4.49. The molecule has 0 radical (unpaired) electrons. The molecule has 3 rings (SSSR count). The van der Waals surface area contributed by atoms with Crippen molar-refractivity contribution in [1.29, 1.82) is 0 Å². The second kappa shape index (κ2) is 4.71. The average Bonchev–Trinajstić information content (AvgIpc) is 2.76. The lowest BCUT2D eigenvalue weighted by Gasteiger charge is -2.34.